The lowest BCUT2D eigenvalue weighted by atomic mass is 9.90. The van der Waals surface area contributed by atoms with Crippen molar-refractivity contribution in [3.05, 3.63) is 42.4 Å². The summed E-state index contributed by atoms with van der Waals surface area (Å²) in [7, 11) is 0. The van der Waals surface area contributed by atoms with Gasteiger partial charge in [0.1, 0.15) is 23.2 Å². The van der Waals surface area contributed by atoms with Crippen LogP contribution in [0.3, 0.4) is 0 Å². The predicted molar refractivity (Wildman–Crippen MR) is 93.3 cm³/mol. The monoisotopic (exact) mass is 336 g/mol. The number of pyridine rings is 1. The maximum absolute atomic E-state index is 9.09. The lowest BCUT2D eigenvalue weighted by Gasteiger charge is -2.48. The fraction of sp³-hybridized carbons (Fsp3) is 0.444. The Balaban J connectivity index is 1.54. The molecule has 2 saturated heterocycles. The van der Waals surface area contributed by atoms with E-state index in [0.29, 0.717) is 12.3 Å². The van der Waals surface area contributed by atoms with Gasteiger partial charge < -0.3 is 14.5 Å². The van der Waals surface area contributed by atoms with Crippen molar-refractivity contribution in [3.8, 4) is 6.07 Å². The Morgan fingerprint density at radius 2 is 1.92 bits per heavy atom. The third-order valence-corrected chi connectivity index (χ3v) is 4.80. The molecule has 128 valence electrons. The molecule has 2 aromatic rings. The highest BCUT2D eigenvalue weighted by atomic mass is 16.5. The number of piperidine rings is 1. The molecular formula is C18H20N6O. The summed E-state index contributed by atoms with van der Waals surface area (Å²) >= 11 is 0. The Morgan fingerprint density at radius 3 is 2.76 bits per heavy atom. The van der Waals surface area contributed by atoms with E-state index in [9.17, 15) is 0 Å². The molecule has 0 bridgehead atoms. The lowest BCUT2D eigenvalue weighted by Crippen LogP contribution is -2.60. The first kappa shape index (κ1) is 15.8. The number of nitrogens with zero attached hydrogens (tertiary/aromatic N) is 6. The van der Waals surface area contributed by atoms with Crippen LogP contribution in [-0.4, -0.2) is 53.3 Å². The van der Waals surface area contributed by atoms with Crippen LogP contribution in [0, 0.1) is 11.3 Å². The second kappa shape index (κ2) is 6.65. The summed E-state index contributed by atoms with van der Waals surface area (Å²) in [5.41, 5.74) is 0.195. The van der Waals surface area contributed by atoms with E-state index in [-0.39, 0.29) is 5.60 Å². The summed E-state index contributed by atoms with van der Waals surface area (Å²) in [6, 6.07) is 9.51. The minimum atomic E-state index is -0.250. The zero-order valence-electron chi connectivity index (χ0n) is 14.0. The summed E-state index contributed by atoms with van der Waals surface area (Å²) in [5, 5.41) is 9.09. The van der Waals surface area contributed by atoms with Crippen molar-refractivity contribution in [1.82, 2.24) is 15.0 Å². The van der Waals surface area contributed by atoms with Crippen molar-refractivity contribution in [2.45, 2.75) is 18.4 Å². The zero-order valence-corrected chi connectivity index (χ0v) is 14.0. The minimum Gasteiger partial charge on any atom is -0.369 e. The maximum Gasteiger partial charge on any atom is 0.225 e. The molecule has 2 aromatic heterocycles. The number of nitriles is 1. The standard InChI is InChI=1S/C18H20N6O/c19-12-15-4-1-5-16(22-15)23-9-2-6-18(13-23)14-24(10-11-25-18)17-20-7-3-8-21-17/h1,3-5,7-8H,2,6,9-11,13-14H2. The van der Waals surface area contributed by atoms with Crippen molar-refractivity contribution in [2.75, 3.05) is 42.6 Å². The molecule has 2 aliphatic rings. The van der Waals surface area contributed by atoms with Gasteiger partial charge in [-0.15, -0.1) is 0 Å². The van der Waals surface area contributed by atoms with Crippen LogP contribution in [-0.2, 0) is 4.74 Å². The summed E-state index contributed by atoms with van der Waals surface area (Å²) in [6.45, 7) is 3.92. The Bertz CT molecular complexity index is 773. The third-order valence-electron chi connectivity index (χ3n) is 4.80. The second-order valence-corrected chi connectivity index (χ2v) is 6.52. The predicted octanol–water partition coefficient (Wildman–Crippen LogP) is 1.62. The fourth-order valence-corrected chi connectivity index (χ4v) is 3.67. The lowest BCUT2D eigenvalue weighted by molar-refractivity contribution is -0.0633. The normalized spacial score (nSPS) is 23.5. The molecule has 1 unspecified atom stereocenters. The average Bonchev–Trinajstić information content (AvgIpc) is 2.69. The minimum absolute atomic E-state index is 0.250. The second-order valence-electron chi connectivity index (χ2n) is 6.52. The zero-order chi connectivity index (χ0) is 17.1. The van der Waals surface area contributed by atoms with Gasteiger partial charge in [-0.25, -0.2) is 15.0 Å². The van der Waals surface area contributed by atoms with E-state index in [2.05, 4.69) is 30.8 Å². The van der Waals surface area contributed by atoms with Crippen LogP contribution in [0.1, 0.15) is 18.5 Å². The van der Waals surface area contributed by atoms with Crippen LogP contribution in [0.15, 0.2) is 36.7 Å². The number of aromatic nitrogens is 3. The van der Waals surface area contributed by atoms with E-state index in [1.165, 1.54) is 0 Å². The van der Waals surface area contributed by atoms with Gasteiger partial charge in [-0.05, 0) is 31.0 Å². The highest BCUT2D eigenvalue weighted by molar-refractivity contribution is 5.43. The number of ether oxygens (including phenoxy) is 1. The van der Waals surface area contributed by atoms with Crippen molar-refractivity contribution in [3.63, 3.8) is 0 Å². The van der Waals surface area contributed by atoms with Gasteiger partial charge in [-0.3, -0.25) is 0 Å². The van der Waals surface area contributed by atoms with Gasteiger partial charge in [0.05, 0.1) is 19.7 Å². The molecule has 0 N–H and O–H groups in total. The van der Waals surface area contributed by atoms with E-state index >= 15 is 0 Å². The fourth-order valence-electron chi connectivity index (χ4n) is 3.67. The average molecular weight is 336 g/mol. The smallest absolute Gasteiger partial charge is 0.225 e. The summed E-state index contributed by atoms with van der Waals surface area (Å²) in [6.07, 6.45) is 5.58. The molecule has 1 atom stereocenters. The number of rotatable bonds is 2. The van der Waals surface area contributed by atoms with Crippen molar-refractivity contribution in [2.24, 2.45) is 0 Å². The highest BCUT2D eigenvalue weighted by Crippen LogP contribution is 2.32. The number of hydrogen-bond acceptors (Lipinski definition) is 7. The van der Waals surface area contributed by atoms with E-state index in [0.717, 1.165) is 50.8 Å². The first-order chi connectivity index (χ1) is 12.3. The van der Waals surface area contributed by atoms with Gasteiger partial charge in [0, 0.05) is 25.5 Å². The van der Waals surface area contributed by atoms with Crippen LogP contribution in [0.2, 0.25) is 0 Å². The molecule has 0 amide bonds. The van der Waals surface area contributed by atoms with Crippen molar-refractivity contribution < 1.29 is 4.74 Å². The maximum atomic E-state index is 9.09. The van der Waals surface area contributed by atoms with Gasteiger partial charge in [0.2, 0.25) is 5.95 Å². The van der Waals surface area contributed by atoms with E-state index in [4.69, 9.17) is 10.00 Å². The molecule has 2 fully saturated rings. The van der Waals surface area contributed by atoms with Gasteiger partial charge in [0.15, 0.2) is 0 Å². The number of morpholine rings is 1. The molecule has 7 heteroatoms. The Labute approximate surface area is 146 Å². The molecule has 7 nitrogen and oxygen atoms in total. The van der Waals surface area contributed by atoms with Gasteiger partial charge in [-0.2, -0.15) is 5.26 Å². The highest BCUT2D eigenvalue weighted by Gasteiger charge is 2.41. The molecule has 4 heterocycles. The first-order valence-corrected chi connectivity index (χ1v) is 8.56. The molecule has 0 radical (unpaired) electrons. The molecule has 0 saturated carbocycles. The van der Waals surface area contributed by atoms with Crippen LogP contribution >= 0.6 is 0 Å². The molecule has 0 aliphatic carbocycles. The molecule has 1 spiro atoms. The Kier molecular flexibility index (Phi) is 4.20. The van der Waals surface area contributed by atoms with Crippen LogP contribution in [0.5, 0.6) is 0 Å². The molecule has 0 aromatic carbocycles. The summed E-state index contributed by atoms with van der Waals surface area (Å²) in [5.74, 6) is 1.60. The Morgan fingerprint density at radius 1 is 1.08 bits per heavy atom. The first-order valence-electron chi connectivity index (χ1n) is 8.56. The van der Waals surface area contributed by atoms with Crippen LogP contribution in [0.4, 0.5) is 11.8 Å². The number of anilines is 2. The molecule has 25 heavy (non-hydrogen) atoms. The molecule has 4 rings (SSSR count). The molecule has 2 aliphatic heterocycles. The largest absolute Gasteiger partial charge is 0.369 e. The SMILES string of the molecule is N#Cc1cccc(N2CCCC3(C2)CN(c2ncccn2)CCO3)n1. The van der Waals surface area contributed by atoms with Gasteiger partial charge in [0.25, 0.3) is 0 Å². The van der Waals surface area contributed by atoms with Crippen molar-refractivity contribution in [1.29, 1.82) is 5.26 Å². The summed E-state index contributed by atoms with van der Waals surface area (Å²) < 4.78 is 6.23. The molecular weight excluding hydrogens is 316 g/mol. The topological polar surface area (TPSA) is 78.2 Å². The summed E-state index contributed by atoms with van der Waals surface area (Å²) in [4.78, 5) is 17.6. The van der Waals surface area contributed by atoms with E-state index < -0.39 is 0 Å². The van der Waals surface area contributed by atoms with Crippen LogP contribution < -0.4 is 9.80 Å². The number of hydrogen-bond donors (Lipinski definition) is 0. The van der Waals surface area contributed by atoms with E-state index in [1.807, 2.05) is 18.2 Å². The third kappa shape index (κ3) is 3.26. The van der Waals surface area contributed by atoms with Gasteiger partial charge in [-0.1, -0.05) is 6.07 Å². The van der Waals surface area contributed by atoms with E-state index in [1.54, 1.807) is 18.5 Å². The quantitative estimate of drug-likeness (QED) is 0.824. The van der Waals surface area contributed by atoms with Crippen LogP contribution in [0.25, 0.3) is 0 Å². The van der Waals surface area contributed by atoms with Crippen molar-refractivity contribution >= 4 is 11.8 Å². The van der Waals surface area contributed by atoms with Gasteiger partial charge >= 0.3 is 0 Å². The Hall–Kier alpha value is -2.72.